The lowest BCUT2D eigenvalue weighted by molar-refractivity contribution is -0.0261. The van der Waals surface area contributed by atoms with Gasteiger partial charge in [-0.05, 0) is 49.9 Å². The van der Waals surface area contributed by atoms with Crippen LogP contribution in [0.15, 0.2) is 28.7 Å². The molecular formula is C18H26BrNO3. The zero-order chi connectivity index (χ0) is 16.1. The number of ether oxygens (including phenoxy) is 2. The van der Waals surface area contributed by atoms with Gasteiger partial charge in [-0.2, -0.15) is 0 Å². The summed E-state index contributed by atoms with van der Waals surface area (Å²) in [5.74, 6) is 0. The predicted octanol–water partition coefficient (Wildman–Crippen LogP) is 3.14. The molecule has 1 aromatic carbocycles. The molecule has 0 aliphatic carbocycles. The van der Waals surface area contributed by atoms with E-state index < -0.39 is 6.10 Å². The summed E-state index contributed by atoms with van der Waals surface area (Å²) < 4.78 is 12.3. The normalized spacial score (nSPS) is 26.7. The number of aliphatic hydroxyl groups is 1. The van der Waals surface area contributed by atoms with Gasteiger partial charge in [0, 0.05) is 23.7 Å². The minimum Gasteiger partial charge on any atom is -0.389 e. The fourth-order valence-electron chi connectivity index (χ4n) is 3.54. The van der Waals surface area contributed by atoms with Gasteiger partial charge in [-0.25, -0.2) is 0 Å². The molecule has 0 spiro atoms. The van der Waals surface area contributed by atoms with Crippen LogP contribution in [0.1, 0.15) is 37.3 Å². The summed E-state index contributed by atoms with van der Waals surface area (Å²) in [6.07, 6.45) is 4.33. The van der Waals surface area contributed by atoms with Gasteiger partial charge in [0.25, 0.3) is 0 Å². The molecule has 4 nitrogen and oxygen atoms in total. The zero-order valence-corrected chi connectivity index (χ0v) is 15.1. The van der Waals surface area contributed by atoms with Crippen LogP contribution in [0.4, 0.5) is 0 Å². The van der Waals surface area contributed by atoms with Crippen molar-refractivity contribution < 1.29 is 14.6 Å². The highest BCUT2D eigenvalue weighted by molar-refractivity contribution is 9.10. The molecule has 2 aliphatic rings. The van der Waals surface area contributed by atoms with Crippen molar-refractivity contribution in [1.29, 1.82) is 0 Å². The number of β-amino-alcohol motifs (C(OH)–C–C–N with tert-alkyl or cyclic N) is 1. The van der Waals surface area contributed by atoms with Crippen LogP contribution in [0.5, 0.6) is 0 Å². The molecule has 0 aromatic heterocycles. The predicted molar refractivity (Wildman–Crippen MR) is 93.5 cm³/mol. The number of hydrogen-bond donors (Lipinski definition) is 1. The fourth-order valence-corrected chi connectivity index (χ4v) is 3.81. The van der Waals surface area contributed by atoms with E-state index >= 15 is 0 Å². The van der Waals surface area contributed by atoms with Gasteiger partial charge in [0.05, 0.1) is 25.4 Å². The largest absolute Gasteiger partial charge is 0.389 e. The van der Waals surface area contributed by atoms with Crippen molar-refractivity contribution >= 4 is 15.9 Å². The number of aliphatic hydroxyl groups excluding tert-OH is 1. The standard InChI is InChI=1S/C18H26BrNO3/c19-15-7-5-14(6-8-15)18-4-1-9-20(18)11-16(21)12-22-13-17-3-2-10-23-17/h5-8,16-18,21H,1-4,9-13H2/t16-,17+,18-/m1/s1. The molecule has 2 aliphatic heterocycles. The minimum absolute atomic E-state index is 0.226. The van der Waals surface area contributed by atoms with Gasteiger partial charge in [0.1, 0.15) is 0 Å². The Bertz CT molecular complexity index is 476. The van der Waals surface area contributed by atoms with Crippen LogP contribution >= 0.6 is 15.9 Å². The van der Waals surface area contributed by atoms with Crippen LogP contribution in [0, 0.1) is 0 Å². The second-order valence-electron chi connectivity index (χ2n) is 6.53. The van der Waals surface area contributed by atoms with Crippen LogP contribution in [0.2, 0.25) is 0 Å². The van der Waals surface area contributed by atoms with Crippen LogP contribution in [-0.2, 0) is 9.47 Å². The molecule has 5 heteroatoms. The highest BCUT2D eigenvalue weighted by Gasteiger charge is 2.27. The summed E-state index contributed by atoms with van der Waals surface area (Å²) in [5.41, 5.74) is 1.33. The first kappa shape index (κ1) is 17.4. The van der Waals surface area contributed by atoms with Crippen molar-refractivity contribution in [3.05, 3.63) is 34.3 Å². The molecule has 3 atom stereocenters. The smallest absolute Gasteiger partial charge is 0.0900 e. The molecule has 3 rings (SSSR count). The second-order valence-corrected chi connectivity index (χ2v) is 7.45. The lowest BCUT2D eigenvalue weighted by Gasteiger charge is -2.27. The molecule has 2 saturated heterocycles. The zero-order valence-electron chi connectivity index (χ0n) is 13.5. The maximum Gasteiger partial charge on any atom is 0.0900 e. The number of hydrogen-bond acceptors (Lipinski definition) is 4. The highest BCUT2D eigenvalue weighted by atomic mass is 79.9. The van der Waals surface area contributed by atoms with Gasteiger partial charge in [-0.15, -0.1) is 0 Å². The lowest BCUT2D eigenvalue weighted by Crippen LogP contribution is -2.35. The maximum absolute atomic E-state index is 10.3. The summed E-state index contributed by atoms with van der Waals surface area (Å²) >= 11 is 3.49. The van der Waals surface area contributed by atoms with Crippen molar-refractivity contribution in [2.75, 3.05) is 32.9 Å². The first-order chi connectivity index (χ1) is 11.2. The first-order valence-electron chi connectivity index (χ1n) is 8.59. The van der Waals surface area contributed by atoms with Gasteiger partial charge in [-0.1, -0.05) is 28.1 Å². The second kappa shape index (κ2) is 8.58. The average molecular weight is 384 g/mol. The molecule has 128 valence electrons. The number of likely N-dealkylation sites (tertiary alicyclic amines) is 1. The van der Waals surface area contributed by atoms with Gasteiger partial charge >= 0.3 is 0 Å². The Morgan fingerprint density at radius 2 is 2.09 bits per heavy atom. The monoisotopic (exact) mass is 383 g/mol. The highest BCUT2D eigenvalue weighted by Crippen LogP contribution is 2.32. The van der Waals surface area contributed by atoms with Crippen molar-refractivity contribution in [3.63, 3.8) is 0 Å². The molecule has 0 bridgehead atoms. The Kier molecular flexibility index (Phi) is 6.48. The van der Waals surface area contributed by atoms with Crippen LogP contribution < -0.4 is 0 Å². The lowest BCUT2D eigenvalue weighted by atomic mass is 10.0. The third-order valence-corrected chi connectivity index (χ3v) is 5.23. The van der Waals surface area contributed by atoms with E-state index in [1.807, 2.05) is 0 Å². The molecule has 0 saturated carbocycles. The number of halogens is 1. The molecule has 0 radical (unpaired) electrons. The SMILES string of the molecule is O[C@@H](COC[C@@H]1CCCO1)CN1CCC[C@@H]1c1ccc(Br)cc1. The Labute approximate surface area is 146 Å². The topological polar surface area (TPSA) is 41.9 Å². The van der Waals surface area contributed by atoms with Gasteiger partial charge in [0.2, 0.25) is 0 Å². The molecule has 23 heavy (non-hydrogen) atoms. The van der Waals surface area contributed by atoms with E-state index in [-0.39, 0.29) is 6.10 Å². The summed E-state index contributed by atoms with van der Waals surface area (Å²) in [7, 11) is 0. The summed E-state index contributed by atoms with van der Waals surface area (Å²) in [6, 6.07) is 8.94. The van der Waals surface area contributed by atoms with E-state index in [4.69, 9.17) is 9.47 Å². The number of benzene rings is 1. The van der Waals surface area contributed by atoms with Crippen LogP contribution in [-0.4, -0.2) is 55.1 Å². The third kappa shape index (κ3) is 5.00. The van der Waals surface area contributed by atoms with E-state index in [1.165, 1.54) is 12.0 Å². The molecule has 2 fully saturated rings. The van der Waals surface area contributed by atoms with Gasteiger partial charge in [-0.3, -0.25) is 4.90 Å². The van der Waals surface area contributed by atoms with E-state index in [9.17, 15) is 5.11 Å². The Hall–Kier alpha value is -0.460. The van der Waals surface area contributed by atoms with Gasteiger partial charge in [0.15, 0.2) is 0 Å². The molecule has 1 N–H and O–H groups in total. The number of rotatable bonds is 7. The molecule has 0 amide bonds. The van der Waals surface area contributed by atoms with Crippen LogP contribution in [0.25, 0.3) is 0 Å². The quantitative estimate of drug-likeness (QED) is 0.785. The maximum atomic E-state index is 10.3. The van der Waals surface area contributed by atoms with Crippen molar-refractivity contribution in [2.24, 2.45) is 0 Å². The number of nitrogens with zero attached hydrogens (tertiary/aromatic N) is 1. The summed E-state index contributed by atoms with van der Waals surface area (Å²) in [4.78, 5) is 2.38. The molecule has 2 heterocycles. The van der Waals surface area contributed by atoms with Crippen molar-refractivity contribution in [2.45, 2.75) is 43.9 Å². The average Bonchev–Trinajstić information content (AvgIpc) is 3.20. The van der Waals surface area contributed by atoms with Crippen molar-refractivity contribution in [3.8, 4) is 0 Å². The summed E-state index contributed by atoms with van der Waals surface area (Å²) in [6.45, 7) is 3.56. The Morgan fingerprint density at radius 1 is 1.26 bits per heavy atom. The Balaban J connectivity index is 1.44. The minimum atomic E-state index is -0.438. The van der Waals surface area contributed by atoms with E-state index in [0.717, 1.165) is 36.9 Å². The van der Waals surface area contributed by atoms with Crippen LogP contribution in [0.3, 0.4) is 0 Å². The molecule has 0 unspecified atom stereocenters. The molecular weight excluding hydrogens is 358 g/mol. The third-order valence-electron chi connectivity index (χ3n) is 4.70. The summed E-state index contributed by atoms with van der Waals surface area (Å²) in [5, 5.41) is 10.3. The first-order valence-corrected chi connectivity index (χ1v) is 9.38. The Morgan fingerprint density at radius 3 is 2.83 bits per heavy atom. The van der Waals surface area contributed by atoms with E-state index in [2.05, 4.69) is 45.1 Å². The van der Waals surface area contributed by atoms with E-state index in [0.29, 0.717) is 25.8 Å². The van der Waals surface area contributed by atoms with Gasteiger partial charge < -0.3 is 14.6 Å². The molecule has 1 aromatic rings. The fraction of sp³-hybridized carbons (Fsp3) is 0.667. The van der Waals surface area contributed by atoms with Crippen molar-refractivity contribution in [1.82, 2.24) is 4.90 Å². The van der Waals surface area contributed by atoms with E-state index in [1.54, 1.807) is 0 Å².